The van der Waals surface area contributed by atoms with E-state index in [4.69, 9.17) is 11.1 Å². The fourth-order valence-electron chi connectivity index (χ4n) is 2.59. The Morgan fingerprint density at radius 2 is 1.81 bits per heavy atom. The molecule has 0 saturated carbocycles. The minimum Gasteiger partial charge on any atom is -0.361 e. The van der Waals surface area contributed by atoms with Crippen LogP contribution in [-0.4, -0.2) is 34.0 Å². The number of benzene rings is 1. The van der Waals surface area contributed by atoms with Crippen LogP contribution in [0.15, 0.2) is 29.3 Å². The van der Waals surface area contributed by atoms with Gasteiger partial charge in [0.1, 0.15) is 11.3 Å². The molecule has 2 heterocycles. The lowest BCUT2D eigenvalue weighted by atomic mass is 9.98. The molecule has 2 aromatic rings. The molecule has 0 radical (unpaired) electrons. The normalized spacial score (nSPS) is 13.1. The van der Waals surface area contributed by atoms with Gasteiger partial charge in [0.2, 0.25) is 0 Å². The van der Waals surface area contributed by atoms with E-state index in [1.165, 1.54) is 18.2 Å². The molecule has 0 spiro atoms. The summed E-state index contributed by atoms with van der Waals surface area (Å²) >= 11 is 0.590. The minimum absolute atomic E-state index is 0.00291. The smallest absolute Gasteiger partial charge is 0.361 e. The summed E-state index contributed by atoms with van der Waals surface area (Å²) in [5.74, 6) is -1.02. The average Bonchev–Trinajstić information content (AvgIpc) is 2.96. The van der Waals surface area contributed by atoms with E-state index in [0.29, 0.717) is 23.9 Å². The van der Waals surface area contributed by atoms with Gasteiger partial charge in [0.25, 0.3) is 11.4 Å². The fourth-order valence-corrected chi connectivity index (χ4v) is 3.54. The van der Waals surface area contributed by atoms with E-state index in [2.05, 4.69) is 4.98 Å². The summed E-state index contributed by atoms with van der Waals surface area (Å²) in [6.45, 7) is 0. The summed E-state index contributed by atoms with van der Waals surface area (Å²) in [5.41, 5.74) is 3.01. The van der Waals surface area contributed by atoms with Gasteiger partial charge in [-0.25, -0.2) is 0 Å². The first-order chi connectivity index (χ1) is 12.7. The summed E-state index contributed by atoms with van der Waals surface area (Å²) < 4.78 is 40.6. The Balaban J connectivity index is 2.27. The van der Waals surface area contributed by atoms with Crippen molar-refractivity contribution in [3.05, 3.63) is 46.5 Å². The number of rotatable bonds is 4. The van der Waals surface area contributed by atoms with E-state index in [-0.39, 0.29) is 32.3 Å². The number of hydrogen-bond donors (Lipinski definition) is 2. The number of pyridine rings is 1. The summed E-state index contributed by atoms with van der Waals surface area (Å²) in [4.78, 5) is 37.2. The van der Waals surface area contributed by atoms with Crippen LogP contribution in [0.2, 0.25) is 0 Å². The Labute approximate surface area is 153 Å². The van der Waals surface area contributed by atoms with Crippen LogP contribution in [-0.2, 0) is 22.3 Å². The average molecular weight is 392 g/mol. The minimum atomic E-state index is -4.81. The van der Waals surface area contributed by atoms with Crippen LogP contribution in [0.4, 0.5) is 13.2 Å². The number of nitrogens with two attached hydrogens (primary N) is 1. The monoisotopic (exact) mass is 392 g/mol. The molecular weight excluding hydrogens is 383 g/mol. The van der Waals surface area contributed by atoms with Gasteiger partial charge in [-0.15, -0.1) is 0 Å². The van der Waals surface area contributed by atoms with Crippen LogP contribution in [0.5, 0.6) is 0 Å². The molecule has 10 heteroatoms. The maximum atomic E-state index is 13.5. The number of carbonyl (C=O) groups is 3. The first-order valence-electron chi connectivity index (χ1n) is 7.28. The zero-order valence-corrected chi connectivity index (χ0v) is 14.1. The predicted molar refractivity (Wildman–Crippen MR) is 92.1 cm³/mol. The molecule has 1 aromatic heterocycles. The molecule has 27 heavy (non-hydrogen) atoms. The van der Waals surface area contributed by atoms with Crippen molar-refractivity contribution >= 4 is 40.4 Å². The van der Waals surface area contributed by atoms with Gasteiger partial charge in [-0.2, -0.15) is 18.2 Å². The van der Waals surface area contributed by atoms with Gasteiger partial charge in [0.15, 0.2) is 12.6 Å². The van der Waals surface area contributed by atoms with Gasteiger partial charge in [-0.3, -0.25) is 19.8 Å². The van der Waals surface area contributed by atoms with Crippen LogP contribution < -0.4 is 5.73 Å². The Morgan fingerprint density at radius 3 is 2.37 bits per heavy atom. The van der Waals surface area contributed by atoms with Crippen molar-refractivity contribution in [2.75, 3.05) is 0 Å². The van der Waals surface area contributed by atoms with Crippen molar-refractivity contribution in [1.82, 2.24) is 4.98 Å². The molecule has 1 aromatic carbocycles. The highest BCUT2D eigenvalue weighted by atomic mass is 32.1. The maximum absolute atomic E-state index is 13.5. The van der Waals surface area contributed by atoms with Gasteiger partial charge in [0.05, 0.1) is 11.3 Å². The van der Waals surface area contributed by atoms with Crippen molar-refractivity contribution in [1.29, 1.82) is 5.41 Å². The van der Waals surface area contributed by atoms with Crippen LogP contribution >= 0.6 is 0 Å². The molecule has 0 aliphatic carbocycles. The maximum Gasteiger partial charge on any atom is 0.417 e. The molecule has 136 valence electrons. The largest absolute Gasteiger partial charge is 0.417 e. The molecule has 1 amide bonds. The first-order valence-corrected chi connectivity index (χ1v) is 8.10. The highest BCUT2D eigenvalue weighted by molar-refractivity contribution is 7.83. The number of aromatic nitrogens is 1. The second kappa shape index (κ2) is 6.47. The van der Waals surface area contributed by atoms with Crippen LogP contribution in [0.3, 0.4) is 0 Å². The van der Waals surface area contributed by atoms with Crippen molar-refractivity contribution in [2.45, 2.75) is 11.2 Å². The van der Waals surface area contributed by atoms with Crippen molar-refractivity contribution in [2.24, 2.45) is 5.73 Å². The number of amides is 1. The third-order valence-corrected chi connectivity index (χ3v) is 4.93. The zero-order chi connectivity index (χ0) is 19.9. The number of nitrogens with zero attached hydrogens (tertiary/aromatic N) is 1. The van der Waals surface area contributed by atoms with Crippen LogP contribution in [0.25, 0.3) is 11.3 Å². The molecule has 0 atom stereocenters. The molecule has 0 saturated heterocycles. The number of hydrogen-bond acceptors (Lipinski definition) is 5. The summed E-state index contributed by atoms with van der Waals surface area (Å²) in [6.07, 6.45) is -3.94. The van der Waals surface area contributed by atoms with Gasteiger partial charge < -0.3 is 5.73 Å². The fraction of sp³-hybridized carbons (Fsp3) is 0.0588. The number of nitrogens with one attached hydrogen (secondary N) is 1. The van der Waals surface area contributed by atoms with Crippen molar-refractivity contribution < 1.29 is 27.6 Å². The van der Waals surface area contributed by atoms with E-state index in [1.807, 2.05) is 0 Å². The Kier molecular flexibility index (Phi) is 4.44. The number of aldehydes is 2. The summed E-state index contributed by atoms with van der Waals surface area (Å²) in [6, 6.07) is 4.64. The highest BCUT2D eigenvalue weighted by Crippen LogP contribution is 2.37. The first kappa shape index (κ1) is 18.5. The molecule has 1 aliphatic heterocycles. The van der Waals surface area contributed by atoms with E-state index >= 15 is 0 Å². The molecule has 3 N–H and O–H groups in total. The number of carbonyl (C=O) groups excluding carboxylic acids is 3. The van der Waals surface area contributed by atoms with E-state index < -0.39 is 28.9 Å². The third-order valence-electron chi connectivity index (χ3n) is 3.83. The van der Waals surface area contributed by atoms with E-state index in [0.717, 1.165) is 6.07 Å². The molecule has 0 unspecified atom stereocenters. The third kappa shape index (κ3) is 3.14. The second-order valence-corrected chi connectivity index (χ2v) is 6.48. The number of fused-ring (bicyclic) bond motifs is 1. The molecule has 3 rings (SSSR count). The molecule has 6 nitrogen and oxygen atoms in total. The number of halogens is 3. The quantitative estimate of drug-likeness (QED) is 0.470. The zero-order valence-electron chi connectivity index (χ0n) is 13.3. The summed E-state index contributed by atoms with van der Waals surface area (Å²) in [5, 5.41) is 7.67. The standard InChI is InChI=1S/C17H8F3N3O3S/c18-17(19,20)10-4-11(7-1-2-8(5-24)9(3-7)6-25)23-16-12(10)13(21)14(27-16)15(22)26/h1-6,21H,(H-,22,26)/p+1. The molecule has 0 fully saturated rings. The Bertz CT molecular complexity index is 1060. The van der Waals surface area contributed by atoms with Crippen molar-refractivity contribution in [3.63, 3.8) is 0 Å². The Morgan fingerprint density at radius 1 is 1.15 bits per heavy atom. The molecule has 1 aliphatic rings. The molecular formula is C17H9F3N3O3S+. The number of primary amides is 1. The SMILES string of the molecule is N=C1C(C(N)=O)=[S+]c2nc(-c3ccc(C=O)c(C=O)c3)cc(C(F)(F)F)c21. The van der Waals surface area contributed by atoms with E-state index in [9.17, 15) is 27.6 Å². The van der Waals surface area contributed by atoms with E-state index in [1.54, 1.807) is 0 Å². The summed E-state index contributed by atoms with van der Waals surface area (Å²) in [7, 11) is 0. The number of alkyl halides is 3. The van der Waals surface area contributed by atoms with Gasteiger partial charge in [-0.1, -0.05) is 12.1 Å². The van der Waals surface area contributed by atoms with Crippen molar-refractivity contribution in [3.8, 4) is 11.3 Å². The lowest BCUT2D eigenvalue weighted by Crippen LogP contribution is -2.29. The van der Waals surface area contributed by atoms with Gasteiger partial charge in [0, 0.05) is 16.7 Å². The lowest BCUT2D eigenvalue weighted by Gasteiger charge is -2.11. The topological polar surface area (TPSA) is 114 Å². The van der Waals surface area contributed by atoms with Gasteiger partial charge in [-0.05, 0) is 12.1 Å². The predicted octanol–water partition coefficient (Wildman–Crippen LogP) is 1.87. The van der Waals surface area contributed by atoms with Crippen LogP contribution in [0.1, 0.15) is 31.8 Å². The molecule has 0 bridgehead atoms. The van der Waals surface area contributed by atoms with Crippen LogP contribution in [0, 0.1) is 5.41 Å². The van der Waals surface area contributed by atoms with Gasteiger partial charge >= 0.3 is 22.0 Å². The lowest BCUT2D eigenvalue weighted by molar-refractivity contribution is -0.137. The second-order valence-electron chi connectivity index (χ2n) is 5.48. The Hall–Kier alpha value is -3.27. The highest BCUT2D eigenvalue weighted by Gasteiger charge is 2.47.